The summed E-state index contributed by atoms with van der Waals surface area (Å²) < 4.78 is 10.6. The van der Waals surface area contributed by atoms with Crippen molar-refractivity contribution in [1.29, 1.82) is 0 Å². The van der Waals surface area contributed by atoms with Gasteiger partial charge >= 0.3 is 5.97 Å². The van der Waals surface area contributed by atoms with Crippen molar-refractivity contribution in [1.82, 2.24) is 0 Å². The Hall–Kier alpha value is -4.17. The van der Waals surface area contributed by atoms with Gasteiger partial charge in [0.25, 0.3) is 5.91 Å². The third-order valence-electron chi connectivity index (χ3n) is 6.91. The molecule has 3 unspecified atom stereocenters. The molecular weight excluding hydrogens is 484 g/mol. The number of carbonyl (C=O) groups is 3. The van der Waals surface area contributed by atoms with Gasteiger partial charge in [-0.3, -0.25) is 14.4 Å². The fourth-order valence-electron chi connectivity index (χ4n) is 4.97. The van der Waals surface area contributed by atoms with Crippen LogP contribution < -0.4 is 14.7 Å². The van der Waals surface area contributed by atoms with E-state index in [0.29, 0.717) is 23.6 Å². The van der Waals surface area contributed by atoms with Crippen LogP contribution in [0.5, 0.6) is 5.75 Å². The lowest BCUT2D eigenvalue weighted by molar-refractivity contribution is -0.126. The summed E-state index contributed by atoms with van der Waals surface area (Å²) in [6.07, 6.45) is 2.22. The van der Waals surface area contributed by atoms with Crippen molar-refractivity contribution in [2.24, 2.45) is 5.92 Å². The molecule has 2 heterocycles. The Morgan fingerprint density at radius 2 is 1.58 bits per heavy atom. The second-order valence-electron chi connectivity index (χ2n) is 9.33. The van der Waals surface area contributed by atoms with Crippen molar-refractivity contribution < 1.29 is 28.7 Å². The summed E-state index contributed by atoms with van der Waals surface area (Å²) >= 11 is 0. The lowest BCUT2D eigenvalue weighted by Gasteiger charge is -2.28. The molecule has 2 fully saturated rings. The molecule has 0 aromatic heterocycles. The molecule has 5 rings (SSSR count). The molecule has 0 radical (unpaired) electrons. The summed E-state index contributed by atoms with van der Waals surface area (Å²) in [5.41, 5.74) is 2.34. The normalized spacial score (nSPS) is 20.5. The average molecular weight is 515 g/mol. The third-order valence-corrected chi connectivity index (χ3v) is 6.91. The van der Waals surface area contributed by atoms with Gasteiger partial charge in [-0.15, -0.1) is 0 Å². The Bertz CT molecular complexity index is 1290. The maximum atomic E-state index is 13.8. The second kappa shape index (κ2) is 11.1. The zero-order valence-electron chi connectivity index (χ0n) is 21.4. The van der Waals surface area contributed by atoms with Gasteiger partial charge in [-0.1, -0.05) is 50.1 Å². The number of amides is 2. The number of unbranched alkanes of at least 4 members (excludes halogenated alkanes) is 2. The Morgan fingerprint density at radius 3 is 2.24 bits per heavy atom. The molecule has 196 valence electrons. The molecule has 8 nitrogen and oxygen atoms in total. The largest absolute Gasteiger partial charge is 0.494 e. The maximum absolute atomic E-state index is 13.8. The molecule has 0 aliphatic carbocycles. The second-order valence-corrected chi connectivity index (χ2v) is 9.33. The van der Waals surface area contributed by atoms with E-state index in [1.54, 1.807) is 53.6 Å². The molecule has 2 aliphatic rings. The lowest BCUT2D eigenvalue weighted by atomic mass is 9.90. The van der Waals surface area contributed by atoms with E-state index in [0.717, 1.165) is 30.5 Å². The van der Waals surface area contributed by atoms with Crippen molar-refractivity contribution in [3.63, 3.8) is 0 Å². The molecule has 0 N–H and O–H groups in total. The number of rotatable bonds is 9. The van der Waals surface area contributed by atoms with Gasteiger partial charge in [-0.25, -0.2) is 14.8 Å². The molecule has 3 aromatic rings. The Balaban J connectivity index is 1.43. The highest BCUT2D eigenvalue weighted by atomic mass is 16.7. The van der Waals surface area contributed by atoms with Crippen LogP contribution in [0.3, 0.4) is 0 Å². The first-order valence-electron chi connectivity index (χ1n) is 12.8. The number of methoxy groups -OCH3 is 1. The molecule has 0 spiro atoms. The highest BCUT2D eigenvalue weighted by molar-refractivity contribution is 6.24. The number of esters is 1. The highest BCUT2D eigenvalue weighted by Gasteiger charge is 2.60. The van der Waals surface area contributed by atoms with Gasteiger partial charge in [0.2, 0.25) is 5.91 Å². The van der Waals surface area contributed by atoms with Crippen LogP contribution in [-0.2, 0) is 19.2 Å². The van der Waals surface area contributed by atoms with Gasteiger partial charge in [-0.05, 0) is 60.5 Å². The van der Waals surface area contributed by atoms with Gasteiger partial charge < -0.3 is 9.47 Å². The first-order valence-corrected chi connectivity index (χ1v) is 12.8. The Morgan fingerprint density at radius 1 is 0.868 bits per heavy atom. The number of benzene rings is 3. The number of hydroxylamine groups is 1. The number of ether oxygens (including phenoxy) is 2. The Labute approximate surface area is 221 Å². The number of hydrogen-bond acceptors (Lipinski definition) is 7. The smallest absolute Gasteiger partial charge is 0.337 e. The van der Waals surface area contributed by atoms with E-state index in [1.807, 2.05) is 30.3 Å². The van der Waals surface area contributed by atoms with Crippen molar-refractivity contribution in [2.45, 2.75) is 38.3 Å². The summed E-state index contributed by atoms with van der Waals surface area (Å²) in [5, 5.41) is 1.63. The van der Waals surface area contributed by atoms with Gasteiger partial charge in [0.1, 0.15) is 11.7 Å². The van der Waals surface area contributed by atoms with Gasteiger partial charge in [0, 0.05) is 0 Å². The third kappa shape index (κ3) is 4.75. The summed E-state index contributed by atoms with van der Waals surface area (Å²) in [6.45, 7) is 2.76. The number of anilines is 2. The van der Waals surface area contributed by atoms with Crippen molar-refractivity contribution in [2.75, 3.05) is 23.7 Å². The molecule has 2 amide bonds. The minimum atomic E-state index is -0.974. The number of carbonyl (C=O) groups excluding carboxylic acids is 3. The highest BCUT2D eigenvalue weighted by Crippen LogP contribution is 2.47. The average Bonchev–Trinajstić information content (AvgIpc) is 3.47. The van der Waals surface area contributed by atoms with Crippen molar-refractivity contribution in [3.05, 3.63) is 90.0 Å². The standard InChI is InChI=1S/C30H30N2O6/c1-3-4-8-19-37-24-17-15-22(16-18-24)31-28(33)25-26(20-11-13-21(14-12-20)30(35)36-2)32(38-27(25)29(31)34)23-9-6-5-7-10-23/h5-7,9-18,25-27H,3-4,8,19H2,1-2H3. The van der Waals surface area contributed by atoms with Crippen LogP contribution in [0.2, 0.25) is 0 Å². The van der Waals surface area contributed by atoms with Crippen LogP contribution in [0.25, 0.3) is 0 Å². The Kier molecular flexibility index (Phi) is 7.42. The molecule has 8 heteroatoms. The fraction of sp³-hybridized carbons (Fsp3) is 0.300. The fourth-order valence-corrected chi connectivity index (χ4v) is 4.97. The maximum Gasteiger partial charge on any atom is 0.337 e. The number of hydrogen-bond donors (Lipinski definition) is 0. The van der Waals surface area contributed by atoms with Crippen LogP contribution >= 0.6 is 0 Å². The van der Waals surface area contributed by atoms with Crippen LogP contribution in [0, 0.1) is 5.92 Å². The van der Waals surface area contributed by atoms with Crippen LogP contribution in [0.1, 0.15) is 48.1 Å². The molecule has 3 aromatic carbocycles. The van der Waals surface area contributed by atoms with Crippen molar-refractivity contribution >= 4 is 29.2 Å². The zero-order valence-corrected chi connectivity index (χ0v) is 21.4. The monoisotopic (exact) mass is 514 g/mol. The number of para-hydroxylation sites is 1. The zero-order chi connectivity index (χ0) is 26.6. The predicted molar refractivity (Wildman–Crippen MR) is 142 cm³/mol. The van der Waals surface area contributed by atoms with Gasteiger partial charge in [0.05, 0.1) is 36.7 Å². The molecular formula is C30H30N2O6. The number of imide groups is 1. The van der Waals surface area contributed by atoms with E-state index >= 15 is 0 Å². The quantitative estimate of drug-likeness (QED) is 0.223. The number of nitrogens with zero attached hydrogens (tertiary/aromatic N) is 2. The summed E-state index contributed by atoms with van der Waals surface area (Å²) in [4.78, 5) is 46.7. The predicted octanol–water partition coefficient (Wildman–Crippen LogP) is 5.09. The molecule has 3 atom stereocenters. The van der Waals surface area contributed by atoms with E-state index in [-0.39, 0.29) is 5.91 Å². The topological polar surface area (TPSA) is 85.4 Å². The summed E-state index contributed by atoms with van der Waals surface area (Å²) in [5.74, 6) is -1.27. The SMILES string of the molecule is CCCCCOc1ccc(N2C(=O)C3ON(c4ccccc4)C(c4ccc(C(=O)OC)cc4)C3C2=O)cc1. The molecule has 0 saturated carbocycles. The lowest BCUT2D eigenvalue weighted by Crippen LogP contribution is -2.37. The van der Waals surface area contributed by atoms with E-state index in [4.69, 9.17) is 14.3 Å². The molecule has 2 aliphatic heterocycles. The summed E-state index contributed by atoms with van der Waals surface area (Å²) in [7, 11) is 1.32. The van der Waals surface area contributed by atoms with Crippen molar-refractivity contribution in [3.8, 4) is 5.75 Å². The van der Waals surface area contributed by atoms with E-state index in [2.05, 4.69) is 6.92 Å². The van der Waals surface area contributed by atoms with Gasteiger partial charge in [-0.2, -0.15) is 0 Å². The summed E-state index contributed by atoms with van der Waals surface area (Å²) in [6, 6.07) is 22.6. The molecule has 2 saturated heterocycles. The first kappa shape index (κ1) is 25.5. The van der Waals surface area contributed by atoms with E-state index < -0.39 is 29.9 Å². The van der Waals surface area contributed by atoms with E-state index in [9.17, 15) is 14.4 Å². The molecule has 0 bridgehead atoms. The van der Waals surface area contributed by atoms with Crippen LogP contribution in [0.4, 0.5) is 11.4 Å². The molecule has 38 heavy (non-hydrogen) atoms. The van der Waals surface area contributed by atoms with Gasteiger partial charge in [0.15, 0.2) is 6.10 Å². The van der Waals surface area contributed by atoms with Crippen LogP contribution in [0.15, 0.2) is 78.9 Å². The van der Waals surface area contributed by atoms with E-state index in [1.165, 1.54) is 12.0 Å². The van der Waals surface area contributed by atoms with Crippen LogP contribution in [-0.4, -0.2) is 37.6 Å². The minimum absolute atomic E-state index is 0.336. The number of fused-ring (bicyclic) bond motifs is 1. The first-order chi connectivity index (χ1) is 18.5. The minimum Gasteiger partial charge on any atom is -0.494 e.